The number of rotatable bonds is 9. The standard InChI is InChI=1S/C24H36ClIN2O3/c1-24(2,3)31-23(30)6-5-15-28(22(29)16-25)21-11-7-18(8-12-21)17-27(4)20-13-9-19(26)10-14-20/h9-10,13-14,18,21H,5-8,11-12,15-17H2,1-4H3. The molecule has 5 nitrogen and oxygen atoms in total. The third-order valence-electron chi connectivity index (χ3n) is 5.69. The summed E-state index contributed by atoms with van der Waals surface area (Å²) >= 11 is 8.21. The maximum Gasteiger partial charge on any atom is 0.306 e. The monoisotopic (exact) mass is 562 g/mol. The average molecular weight is 563 g/mol. The zero-order valence-electron chi connectivity index (χ0n) is 19.2. The van der Waals surface area contributed by atoms with Gasteiger partial charge >= 0.3 is 5.97 Å². The van der Waals surface area contributed by atoms with E-state index in [1.54, 1.807) is 0 Å². The van der Waals surface area contributed by atoms with Gasteiger partial charge in [-0.2, -0.15) is 0 Å². The number of hydrogen-bond donors (Lipinski definition) is 0. The Labute approximate surface area is 206 Å². The lowest BCUT2D eigenvalue weighted by Crippen LogP contribution is -2.44. The molecule has 0 N–H and O–H groups in total. The highest BCUT2D eigenvalue weighted by Crippen LogP contribution is 2.30. The highest BCUT2D eigenvalue weighted by Gasteiger charge is 2.29. The molecule has 1 aliphatic rings. The van der Waals surface area contributed by atoms with E-state index in [4.69, 9.17) is 16.3 Å². The van der Waals surface area contributed by atoms with Gasteiger partial charge in [-0.25, -0.2) is 0 Å². The molecule has 1 aliphatic carbocycles. The first-order chi connectivity index (χ1) is 14.6. The Morgan fingerprint density at radius 1 is 1.13 bits per heavy atom. The maximum atomic E-state index is 12.5. The van der Waals surface area contributed by atoms with Crippen LogP contribution in [0.5, 0.6) is 0 Å². The van der Waals surface area contributed by atoms with E-state index in [-0.39, 0.29) is 23.8 Å². The van der Waals surface area contributed by atoms with Crippen LogP contribution >= 0.6 is 34.2 Å². The summed E-state index contributed by atoms with van der Waals surface area (Å²) in [4.78, 5) is 28.7. The molecule has 0 unspecified atom stereocenters. The van der Waals surface area contributed by atoms with Gasteiger partial charge in [0.1, 0.15) is 11.5 Å². The predicted molar refractivity (Wildman–Crippen MR) is 136 cm³/mol. The van der Waals surface area contributed by atoms with Gasteiger partial charge in [0.25, 0.3) is 0 Å². The van der Waals surface area contributed by atoms with Crippen LogP contribution in [0.1, 0.15) is 59.3 Å². The fourth-order valence-electron chi connectivity index (χ4n) is 4.20. The first-order valence-electron chi connectivity index (χ1n) is 11.1. The van der Waals surface area contributed by atoms with E-state index < -0.39 is 5.60 Å². The predicted octanol–water partition coefficient (Wildman–Crippen LogP) is 5.48. The molecular formula is C24H36ClIN2O3. The van der Waals surface area contributed by atoms with Crippen LogP contribution in [0.25, 0.3) is 0 Å². The quantitative estimate of drug-likeness (QED) is 0.227. The number of carbonyl (C=O) groups is 2. The van der Waals surface area contributed by atoms with Crippen LogP contribution in [0.3, 0.4) is 0 Å². The van der Waals surface area contributed by atoms with Crippen molar-refractivity contribution in [3.05, 3.63) is 27.8 Å². The zero-order valence-corrected chi connectivity index (χ0v) is 22.1. The molecule has 0 radical (unpaired) electrons. The van der Waals surface area contributed by atoms with Crippen molar-refractivity contribution in [2.45, 2.75) is 70.9 Å². The number of hydrogen-bond acceptors (Lipinski definition) is 4. The number of amides is 1. The van der Waals surface area contributed by atoms with Crippen LogP contribution in [0.4, 0.5) is 5.69 Å². The molecule has 1 saturated carbocycles. The maximum absolute atomic E-state index is 12.5. The normalized spacial score (nSPS) is 19.0. The number of ether oxygens (including phenoxy) is 1. The van der Waals surface area contributed by atoms with E-state index in [1.807, 2.05) is 25.7 Å². The number of benzene rings is 1. The van der Waals surface area contributed by atoms with Crippen LogP contribution in [-0.2, 0) is 14.3 Å². The van der Waals surface area contributed by atoms with Crippen LogP contribution in [0.2, 0.25) is 0 Å². The molecule has 0 saturated heterocycles. The van der Waals surface area contributed by atoms with Crippen LogP contribution in [0, 0.1) is 9.49 Å². The smallest absolute Gasteiger partial charge is 0.306 e. The molecule has 7 heteroatoms. The molecular weight excluding hydrogens is 527 g/mol. The molecule has 0 aliphatic heterocycles. The van der Waals surface area contributed by atoms with Gasteiger partial charge < -0.3 is 14.5 Å². The highest BCUT2D eigenvalue weighted by atomic mass is 127. The minimum absolute atomic E-state index is 0.0120. The summed E-state index contributed by atoms with van der Waals surface area (Å²) in [5.41, 5.74) is 0.760. The fourth-order valence-corrected chi connectivity index (χ4v) is 4.71. The van der Waals surface area contributed by atoms with Crippen molar-refractivity contribution in [3.8, 4) is 0 Å². The van der Waals surface area contributed by atoms with Gasteiger partial charge in [0.15, 0.2) is 0 Å². The van der Waals surface area contributed by atoms with Crippen molar-refractivity contribution in [3.63, 3.8) is 0 Å². The fraction of sp³-hybridized carbons (Fsp3) is 0.667. The lowest BCUT2D eigenvalue weighted by atomic mass is 9.84. The zero-order chi connectivity index (χ0) is 23.0. The van der Waals surface area contributed by atoms with Crippen molar-refractivity contribution < 1.29 is 14.3 Å². The second-order valence-corrected chi connectivity index (χ2v) is 11.0. The van der Waals surface area contributed by atoms with Gasteiger partial charge in [0.2, 0.25) is 5.91 Å². The number of carbonyl (C=O) groups excluding carboxylic acids is 2. The lowest BCUT2D eigenvalue weighted by Gasteiger charge is -2.38. The Hall–Kier alpha value is -1.02. The van der Waals surface area contributed by atoms with E-state index in [9.17, 15) is 9.59 Å². The van der Waals surface area contributed by atoms with Crippen LogP contribution in [-0.4, -0.2) is 54.4 Å². The summed E-state index contributed by atoms with van der Waals surface area (Å²) in [5, 5.41) is 0. The molecule has 1 amide bonds. The summed E-state index contributed by atoms with van der Waals surface area (Å²) in [6, 6.07) is 8.81. The summed E-state index contributed by atoms with van der Waals surface area (Å²) in [6.45, 7) is 7.17. The van der Waals surface area contributed by atoms with Crippen molar-refractivity contribution >= 4 is 51.8 Å². The van der Waals surface area contributed by atoms with Gasteiger partial charge in [-0.3, -0.25) is 9.59 Å². The molecule has 1 aromatic rings. The minimum atomic E-state index is -0.480. The molecule has 1 fully saturated rings. The van der Waals surface area contributed by atoms with E-state index >= 15 is 0 Å². The number of esters is 1. The Bertz CT molecular complexity index is 713. The van der Waals surface area contributed by atoms with Gasteiger partial charge in [0.05, 0.1) is 0 Å². The molecule has 174 valence electrons. The van der Waals surface area contributed by atoms with Crippen LogP contribution < -0.4 is 4.90 Å². The number of nitrogens with zero attached hydrogens (tertiary/aromatic N) is 2. The molecule has 0 spiro atoms. The van der Waals surface area contributed by atoms with Crippen molar-refractivity contribution in [2.75, 3.05) is 30.9 Å². The summed E-state index contributed by atoms with van der Waals surface area (Å²) in [5.74, 6) is 0.357. The van der Waals surface area contributed by atoms with Gasteiger partial charge in [0, 0.05) is 41.9 Å². The van der Waals surface area contributed by atoms with E-state index in [2.05, 4.69) is 58.8 Å². The second kappa shape index (κ2) is 12.3. The highest BCUT2D eigenvalue weighted by molar-refractivity contribution is 14.1. The molecule has 31 heavy (non-hydrogen) atoms. The summed E-state index contributed by atoms with van der Waals surface area (Å²) < 4.78 is 6.61. The number of alkyl halides is 1. The molecule has 0 aromatic heterocycles. The molecule has 0 bridgehead atoms. The average Bonchev–Trinajstić information content (AvgIpc) is 2.70. The first-order valence-corrected chi connectivity index (χ1v) is 12.7. The van der Waals surface area contributed by atoms with Gasteiger partial charge in [-0.1, -0.05) is 0 Å². The van der Waals surface area contributed by atoms with Gasteiger partial charge in [-0.05, 0) is 106 Å². The summed E-state index contributed by atoms with van der Waals surface area (Å²) in [6.07, 6.45) is 5.09. The lowest BCUT2D eigenvalue weighted by molar-refractivity contribution is -0.155. The van der Waals surface area contributed by atoms with E-state index in [1.165, 1.54) is 9.26 Å². The Morgan fingerprint density at radius 3 is 2.29 bits per heavy atom. The molecule has 0 heterocycles. The topological polar surface area (TPSA) is 49.9 Å². The Morgan fingerprint density at radius 2 is 1.74 bits per heavy atom. The Balaban J connectivity index is 1.82. The van der Waals surface area contributed by atoms with Gasteiger partial charge in [-0.15, -0.1) is 11.6 Å². The Kier molecular flexibility index (Phi) is 10.4. The van der Waals surface area contributed by atoms with Crippen molar-refractivity contribution in [1.29, 1.82) is 0 Å². The third kappa shape index (κ3) is 9.16. The minimum Gasteiger partial charge on any atom is -0.460 e. The number of halogens is 2. The van der Waals surface area contributed by atoms with E-state index in [0.717, 1.165) is 32.2 Å². The largest absolute Gasteiger partial charge is 0.460 e. The van der Waals surface area contributed by atoms with Crippen molar-refractivity contribution in [1.82, 2.24) is 4.90 Å². The first kappa shape index (κ1) is 26.2. The van der Waals surface area contributed by atoms with Crippen molar-refractivity contribution in [2.24, 2.45) is 5.92 Å². The second-order valence-electron chi connectivity index (χ2n) is 9.44. The molecule has 0 atom stereocenters. The molecule has 1 aromatic carbocycles. The summed E-state index contributed by atoms with van der Waals surface area (Å²) in [7, 11) is 2.15. The number of anilines is 1. The van der Waals surface area contributed by atoms with E-state index in [0.29, 0.717) is 25.3 Å². The third-order valence-corrected chi connectivity index (χ3v) is 6.64. The van der Waals surface area contributed by atoms with Crippen LogP contribution in [0.15, 0.2) is 24.3 Å². The SMILES string of the molecule is CN(CC1CCC(N(CCCC(=O)OC(C)(C)C)C(=O)CCl)CC1)c1ccc(I)cc1. The molecule has 2 rings (SSSR count).